The van der Waals surface area contributed by atoms with Gasteiger partial charge in [-0.25, -0.2) is 0 Å². The third kappa shape index (κ3) is 6.39. The molecule has 2 nitrogen and oxygen atoms in total. The first-order valence-electron chi connectivity index (χ1n) is 6.11. The lowest BCUT2D eigenvalue weighted by atomic mass is 10.0. The van der Waals surface area contributed by atoms with Crippen molar-refractivity contribution < 1.29 is 5.11 Å². The average Bonchev–Trinajstić information content (AvgIpc) is 2.23. The zero-order valence-corrected chi connectivity index (χ0v) is 10.1. The topological polar surface area (TPSA) is 23.5 Å². The van der Waals surface area contributed by atoms with Crippen molar-refractivity contribution in [2.24, 2.45) is 5.92 Å². The van der Waals surface area contributed by atoms with Gasteiger partial charge < -0.3 is 10.0 Å². The monoisotopic (exact) mass is 201 g/mol. The van der Waals surface area contributed by atoms with E-state index in [2.05, 4.69) is 25.7 Å². The molecule has 0 aliphatic rings. The van der Waals surface area contributed by atoms with E-state index in [4.69, 9.17) is 5.11 Å². The summed E-state index contributed by atoms with van der Waals surface area (Å²) in [6.07, 6.45) is 4.64. The SMILES string of the molecule is CCC(CC)CN(CC)CCCCO. The van der Waals surface area contributed by atoms with Gasteiger partial charge in [0.15, 0.2) is 0 Å². The molecule has 0 spiro atoms. The highest BCUT2D eigenvalue weighted by Gasteiger charge is 2.08. The van der Waals surface area contributed by atoms with Crippen molar-refractivity contribution in [3.05, 3.63) is 0 Å². The molecule has 1 N–H and O–H groups in total. The van der Waals surface area contributed by atoms with Crippen LogP contribution in [0.1, 0.15) is 46.5 Å². The van der Waals surface area contributed by atoms with Gasteiger partial charge in [-0.1, -0.05) is 33.6 Å². The van der Waals surface area contributed by atoms with E-state index in [1.807, 2.05) is 0 Å². The van der Waals surface area contributed by atoms with Gasteiger partial charge in [-0.3, -0.25) is 0 Å². The lowest BCUT2D eigenvalue weighted by Crippen LogP contribution is -2.30. The second kappa shape index (κ2) is 9.47. The smallest absolute Gasteiger partial charge is 0.0431 e. The summed E-state index contributed by atoms with van der Waals surface area (Å²) in [6.45, 7) is 10.6. The highest BCUT2D eigenvalue weighted by molar-refractivity contribution is 4.63. The number of aliphatic hydroxyl groups excluding tert-OH is 1. The first kappa shape index (κ1) is 13.9. The second-order valence-electron chi connectivity index (χ2n) is 4.01. The normalized spacial score (nSPS) is 11.6. The van der Waals surface area contributed by atoms with E-state index in [1.54, 1.807) is 0 Å². The van der Waals surface area contributed by atoms with Gasteiger partial charge in [0.2, 0.25) is 0 Å². The fourth-order valence-corrected chi connectivity index (χ4v) is 1.74. The van der Waals surface area contributed by atoms with Gasteiger partial charge in [0.1, 0.15) is 0 Å². The molecule has 0 aliphatic heterocycles. The molecular formula is C12H27NO. The quantitative estimate of drug-likeness (QED) is 0.579. The molecular weight excluding hydrogens is 174 g/mol. The summed E-state index contributed by atoms with van der Waals surface area (Å²) in [7, 11) is 0. The standard InChI is InChI=1S/C12H27NO/c1-4-12(5-2)11-13(6-3)9-7-8-10-14/h12,14H,4-11H2,1-3H3. The van der Waals surface area contributed by atoms with E-state index < -0.39 is 0 Å². The summed E-state index contributed by atoms with van der Waals surface area (Å²) in [5.41, 5.74) is 0. The van der Waals surface area contributed by atoms with Crippen molar-refractivity contribution in [1.82, 2.24) is 4.90 Å². The highest BCUT2D eigenvalue weighted by atomic mass is 16.2. The Morgan fingerprint density at radius 1 is 1.07 bits per heavy atom. The summed E-state index contributed by atoms with van der Waals surface area (Å²) < 4.78 is 0. The number of hydrogen-bond acceptors (Lipinski definition) is 2. The molecule has 0 aromatic heterocycles. The Balaban J connectivity index is 3.65. The number of hydrogen-bond donors (Lipinski definition) is 1. The number of nitrogens with zero attached hydrogens (tertiary/aromatic N) is 1. The first-order valence-corrected chi connectivity index (χ1v) is 6.11. The molecule has 14 heavy (non-hydrogen) atoms. The molecule has 0 atom stereocenters. The molecule has 0 unspecified atom stereocenters. The molecule has 2 heteroatoms. The second-order valence-corrected chi connectivity index (χ2v) is 4.01. The molecule has 0 rings (SSSR count). The maximum atomic E-state index is 8.71. The van der Waals surface area contributed by atoms with Crippen LogP contribution in [0.3, 0.4) is 0 Å². The molecule has 0 aromatic carbocycles. The van der Waals surface area contributed by atoms with Crippen molar-refractivity contribution in [1.29, 1.82) is 0 Å². The molecule has 0 amide bonds. The van der Waals surface area contributed by atoms with Crippen molar-refractivity contribution in [3.63, 3.8) is 0 Å². The Bertz CT molecular complexity index is 113. The van der Waals surface area contributed by atoms with E-state index >= 15 is 0 Å². The fourth-order valence-electron chi connectivity index (χ4n) is 1.74. The predicted octanol–water partition coefficient (Wildman–Crippen LogP) is 2.52. The summed E-state index contributed by atoms with van der Waals surface area (Å²) in [5, 5.41) is 8.71. The minimum Gasteiger partial charge on any atom is -0.396 e. The fraction of sp³-hybridized carbons (Fsp3) is 1.00. The van der Waals surface area contributed by atoms with Crippen LogP contribution >= 0.6 is 0 Å². The van der Waals surface area contributed by atoms with E-state index in [0.29, 0.717) is 6.61 Å². The molecule has 0 radical (unpaired) electrons. The van der Waals surface area contributed by atoms with Gasteiger partial charge in [-0.05, 0) is 31.8 Å². The van der Waals surface area contributed by atoms with E-state index in [1.165, 1.54) is 19.4 Å². The maximum Gasteiger partial charge on any atom is 0.0431 e. The Morgan fingerprint density at radius 3 is 2.14 bits per heavy atom. The summed E-state index contributed by atoms with van der Waals surface area (Å²) in [5.74, 6) is 0.851. The number of aliphatic hydroxyl groups is 1. The molecule has 0 heterocycles. The van der Waals surface area contributed by atoms with Crippen LogP contribution in [0.5, 0.6) is 0 Å². The van der Waals surface area contributed by atoms with Crippen LogP contribution in [0, 0.1) is 5.92 Å². The Hall–Kier alpha value is -0.0800. The van der Waals surface area contributed by atoms with Gasteiger partial charge in [0.25, 0.3) is 0 Å². The molecule has 0 saturated carbocycles. The van der Waals surface area contributed by atoms with Crippen LogP contribution in [0.4, 0.5) is 0 Å². The molecule has 0 saturated heterocycles. The lowest BCUT2D eigenvalue weighted by Gasteiger charge is -2.24. The van der Waals surface area contributed by atoms with Gasteiger partial charge in [-0.2, -0.15) is 0 Å². The van der Waals surface area contributed by atoms with E-state index in [-0.39, 0.29) is 0 Å². The Labute approximate surface area is 89.3 Å². The van der Waals surface area contributed by atoms with Gasteiger partial charge in [-0.15, -0.1) is 0 Å². The molecule has 0 aromatic rings. The Morgan fingerprint density at radius 2 is 1.71 bits per heavy atom. The minimum atomic E-state index is 0.336. The summed E-state index contributed by atoms with van der Waals surface area (Å²) in [6, 6.07) is 0. The van der Waals surface area contributed by atoms with Crippen LogP contribution < -0.4 is 0 Å². The van der Waals surface area contributed by atoms with Crippen molar-refractivity contribution in [2.45, 2.75) is 46.5 Å². The minimum absolute atomic E-state index is 0.336. The van der Waals surface area contributed by atoms with E-state index in [0.717, 1.165) is 31.8 Å². The van der Waals surface area contributed by atoms with Gasteiger partial charge >= 0.3 is 0 Å². The van der Waals surface area contributed by atoms with Crippen molar-refractivity contribution in [2.75, 3.05) is 26.2 Å². The Kier molecular flexibility index (Phi) is 9.42. The van der Waals surface area contributed by atoms with Crippen LogP contribution in [0.25, 0.3) is 0 Å². The third-order valence-electron chi connectivity index (χ3n) is 3.00. The summed E-state index contributed by atoms with van der Waals surface area (Å²) in [4.78, 5) is 2.51. The van der Waals surface area contributed by atoms with Crippen molar-refractivity contribution >= 4 is 0 Å². The maximum absolute atomic E-state index is 8.71. The largest absolute Gasteiger partial charge is 0.396 e. The number of rotatable bonds is 9. The van der Waals surface area contributed by atoms with E-state index in [9.17, 15) is 0 Å². The highest BCUT2D eigenvalue weighted by Crippen LogP contribution is 2.10. The van der Waals surface area contributed by atoms with Crippen LogP contribution in [0.2, 0.25) is 0 Å². The van der Waals surface area contributed by atoms with Crippen LogP contribution in [0.15, 0.2) is 0 Å². The van der Waals surface area contributed by atoms with Crippen LogP contribution in [-0.4, -0.2) is 36.2 Å². The molecule has 0 aliphatic carbocycles. The zero-order valence-electron chi connectivity index (χ0n) is 10.1. The lowest BCUT2D eigenvalue weighted by molar-refractivity contribution is 0.217. The van der Waals surface area contributed by atoms with Crippen LogP contribution in [-0.2, 0) is 0 Å². The third-order valence-corrected chi connectivity index (χ3v) is 3.00. The average molecular weight is 201 g/mol. The first-order chi connectivity index (χ1) is 6.78. The van der Waals surface area contributed by atoms with Gasteiger partial charge in [0.05, 0.1) is 0 Å². The predicted molar refractivity (Wildman–Crippen MR) is 62.5 cm³/mol. The molecule has 0 fully saturated rings. The molecule has 0 bridgehead atoms. The zero-order chi connectivity index (χ0) is 10.8. The number of unbranched alkanes of at least 4 members (excludes halogenated alkanes) is 1. The molecule has 86 valence electrons. The van der Waals surface area contributed by atoms with Crippen molar-refractivity contribution in [3.8, 4) is 0 Å². The summed E-state index contributed by atoms with van der Waals surface area (Å²) >= 11 is 0. The van der Waals surface area contributed by atoms with Gasteiger partial charge in [0, 0.05) is 13.2 Å².